The van der Waals surface area contributed by atoms with Crippen LogP contribution in [-0.4, -0.2) is 26.3 Å². The van der Waals surface area contributed by atoms with Crippen LogP contribution in [0.15, 0.2) is 48.5 Å². The quantitative estimate of drug-likeness (QED) is 0.696. The van der Waals surface area contributed by atoms with Gasteiger partial charge in [-0.2, -0.15) is 0 Å². The summed E-state index contributed by atoms with van der Waals surface area (Å²) in [6.07, 6.45) is 2.02. The molecular formula is C22H30N2O2. The van der Waals surface area contributed by atoms with Crippen LogP contribution in [0.3, 0.4) is 0 Å². The topological polar surface area (TPSA) is 42.5 Å². The lowest BCUT2D eigenvalue weighted by Crippen LogP contribution is -2.16. The van der Waals surface area contributed by atoms with E-state index in [1.807, 2.05) is 24.3 Å². The van der Waals surface area contributed by atoms with Gasteiger partial charge in [0.2, 0.25) is 0 Å². The van der Waals surface area contributed by atoms with E-state index in [0.717, 1.165) is 62.0 Å². The lowest BCUT2D eigenvalue weighted by Gasteiger charge is -2.17. The van der Waals surface area contributed by atoms with Gasteiger partial charge in [0.15, 0.2) is 0 Å². The number of anilines is 2. The zero-order chi connectivity index (χ0) is 18.2. The molecule has 4 nitrogen and oxygen atoms in total. The van der Waals surface area contributed by atoms with E-state index >= 15 is 0 Å². The molecular weight excluding hydrogens is 324 g/mol. The van der Waals surface area contributed by atoms with Gasteiger partial charge in [-0.05, 0) is 48.9 Å². The maximum absolute atomic E-state index is 5.95. The Morgan fingerprint density at radius 1 is 0.731 bits per heavy atom. The zero-order valence-corrected chi connectivity index (χ0v) is 15.8. The van der Waals surface area contributed by atoms with Crippen LogP contribution in [-0.2, 0) is 0 Å². The van der Waals surface area contributed by atoms with E-state index in [-0.39, 0.29) is 0 Å². The fourth-order valence-corrected chi connectivity index (χ4v) is 2.94. The largest absolute Gasteiger partial charge is 0.494 e. The van der Waals surface area contributed by atoms with Crippen LogP contribution in [0.4, 0.5) is 11.4 Å². The maximum Gasteiger partial charge on any atom is 0.121 e. The molecule has 4 heteroatoms. The number of benzene rings is 2. The summed E-state index contributed by atoms with van der Waals surface area (Å²) in [7, 11) is 0. The average molecular weight is 354 g/mol. The molecule has 0 saturated heterocycles. The first-order valence-electron chi connectivity index (χ1n) is 9.62. The minimum Gasteiger partial charge on any atom is -0.494 e. The second kappa shape index (κ2) is 9.37. The van der Waals surface area contributed by atoms with Crippen molar-refractivity contribution in [1.29, 1.82) is 0 Å². The van der Waals surface area contributed by atoms with E-state index in [1.54, 1.807) is 0 Å². The first-order chi connectivity index (χ1) is 12.7. The molecule has 2 aromatic rings. The Hall–Kier alpha value is -2.36. The van der Waals surface area contributed by atoms with E-state index in [1.165, 1.54) is 0 Å². The fourth-order valence-electron chi connectivity index (χ4n) is 2.94. The molecule has 0 saturated carbocycles. The number of fused-ring (bicyclic) bond motifs is 4. The molecule has 2 unspecified atom stereocenters. The van der Waals surface area contributed by atoms with Gasteiger partial charge >= 0.3 is 0 Å². The van der Waals surface area contributed by atoms with Crippen LogP contribution in [0, 0.1) is 11.8 Å². The molecule has 4 bridgehead atoms. The Morgan fingerprint density at radius 3 is 1.65 bits per heavy atom. The van der Waals surface area contributed by atoms with Gasteiger partial charge in [-0.3, -0.25) is 0 Å². The highest BCUT2D eigenvalue weighted by atomic mass is 16.5. The zero-order valence-electron chi connectivity index (χ0n) is 15.8. The predicted molar refractivity (Wildman–Crippen MR) is 108 cm³/mol. The van der Waals surface area contributed by atoms with Crippen LogP contribution in [0.25, 0.3) is 0 Å². The molecule has 140 valence electrons. The summed E-state index contributed by atoms with van der Waals surface area (Å²) in [5.41, 5.74) is 2.22. The van der Waals surface area contributed by atoms with Crippen molar-refractivity contribution in [1.82, 2.24) is 0 Å². The summed E-state index contributed by atoms with van der Waals surface area (Å²) in [6, 6.07) is 16.5. The number of hydrogen-bond acceptors (Lipinski definition) is 4. The van der Waals surface area contributed by atoms with Gasteiger partial charge in [0.25, 0.3) is 0 Å². The molecule has 2 atom stereocenters. The Kier molecular flexibility index (Phi) is 6.64. The average Bonchev–Trinajstić information content (AvgIpc) is 2.65. The van der Waals surface area contributed by atoms with Crippen molar-refractivity contribution in [2.45, 2.75) is 26.7 Å². The standard InChI is InChI=1S/C22H30N2O2/c1-17-9-11-25-21-7-4-6-20(14-21)24-16-18(2)10-12-26-22-8-3-5-19(13-22)23-15-17/h3-8,13-14,17-18,23-24H,9-12,15-16H2,1-2H3. The summed E-state index contributed by atoms with van der Waals surface area (Å²) in [5, 5.41) is 7.01. The number of ether oxygens (including phenoxy) is 2. The monoisotopic (exact) mass is 354 g/mol. The van der Waals surface area contributed by atoms with Gasteiger partial charge in [-0.15, -0.1) is 0 Å². The van der Waals surface area contributed by atoms with Gasteiger partial charge in [0, 0.05) is 36.6 Å². The van der Waals surface area contributed by atoms with Crippen molar-refractivity contribution >= 4 is 11.4 Å². The first kappa shape index (κ1) is 18.4. The third-order valence-corrected chi connectivity index (χ3v) is 4.74. The van der Waals surface area contributed by atoms with Crippen LogP contribution in [0.5, 0.6) is 11.5 Å². The van der Waals surface area contributed by atoms with Crippen molar-refractivity contribution < 1.29 is 9.47 Å². The normalized spacial score (nSPS) is 21.8. The van der Waals surface area contributed by atoms with E-state index < -0.39 is 0 Å². The van der Waals surface area contributed by atoms with Gasteiger partial charge < -0.3 is 20.1 Å². The number of nitrogens with one attached hydrogen (secondary N) is 2. The van der Waals surface area contributed by atoms with E-state index in [9.17, 15) is 0 Å². The van der Waals surface area contributed by atoms with E-state index in [2.05, 4.69) is 48.7 Å². The first-order valence-corrected chi connectivity index (χ1v) is 9.62. The molecule has 1 aliphatic heterocycles. The second-order valence-corrected chi connectivity index (χ2v) is 7.30. The highest BCUT2D eigenvalue weighted by Gasteiger charge is 2.07. The summed E-state index contributed by atoms with van der Waals surface area (Å²) in [5.74, 6) is 2.92. The highest BCUT2D eigenvalue weighted by Crippen LogP contribution is 2.21. The lowest BCUT2D eigenvalue weighted by atomic mass is 10.1. The summed E-state index contributed by atoms with van der Waals surface area (Å²) in [4.78, 5) is 0. The molecule has 26 heavy (non-hydrogen) atoms. The van der Waals surface area contributed by atoms with Crippen LogP contribution in [0.2, 0.25) is 0 Å². The van der Waals surface area contributed by atoms with Crippen molar-refractivity contribution in [3.63, 3.8) is 0 Å². The summed E-state index contributed by atoms with van der Waals surface area (Å²) < 4.78 is 11.9. The minimum absolute atomic E-state index is 0.528. The Balaban J connectivity index is 1.66. The second-order valence-electron chi connectivity index (χ2n) is 7.30. The third-order valence-electron chi connectivity index (χ3n) is 4.74. The van der Waals surface area contributed by atoms with Gasteiger partial charge in [-0.25, -0.2) is 0 Å². The van der Waals surface area contributed by atoms with Crippen molar-refractivity contribution in [3.8, 4) is 11.5 Å². The Morgan fingerprint density at radius 2 is 1.19 bits per heavy atom. The number of rotatable bonds is 0. The van der Waals surface area contributed by atoms with E-state index in [0.29, 0.717) is 11.8 Å². The maximum atomic E-state index is 5.95. The summed E-state index contributed by atoms with van der Waals surface area (Å²) >= 11 is 0. The Labute approximate surface area is 156 Å². The molecule has 3 rings (SSSR count). The summed E-state index contributed by atoms with van der Waals surface area (Å²) in [6.45, 7) is 7.79. The van der Waals surface area contributed by atoms with Crippen LogP contribution < -0.4 is 20.1 Å². The molecule has 0 amide bonds. The van der Waals surface area contributed by atoms with Crippen molar-refractivity contribution in [3.05, 3.63) is 48.5 Å². The molecule has 0 spiro atoms. The predicted octanol–water partition coefficient (Wildman–Crippen LogP) is 5.03. The van der Waals surface area contributed by atoms with Gasteiger partial charge in [0.05, 0.1) is 13.2 Å². The van der Waals surface area contributed by atoms with Gasteiger partial charge in [0.1, 0.15) is 11.5 Å². The van der Waals surface area contributed by atoms with Crippen LogP contribution in [0.1, 0.15) is 26.7 Å². The molecule has 0 aliphatic carbocycles. The molecule has 1 heterocycles. The highest BCUT2D eigenvalue weighted by molar-refractivity contribution is 5.49. The van der Waals surface area contributed by atoms with Gasteiger partial charge in [-0.1, -0.05) is 26.0 Å². The van der Waals surface area contributed by atoms with Crippen molar-refractivity contribution in [2.24, 2.45) is 11.8 Å². The molecule has 1 aliphatic rings. The SMILES string of the molecule is CC1CCOc2cccc(c2)NCC(C)CCOc2cccc(c2)NC1. The Bertz CT molecular complexity index is 630. The molecule has 2 N–H and O–H groups in total. The van der Waals surface area contributed by atoms with E-state index in [4.69, 9.17) is 9.47 Å². The molecule has 0 fully saturated rings. The molecule has 0 aromatic heterocycles. The smallest absolute Gasteiger partial charge is 0.121 e. The molecule has 0 radical (unpaired) electrons. The molecule has 2 aromatic carbocycles. The van der Waals surface area contributed by atoms with Crippen molar-refractivity contribution in [2.75, 3.05) is 36.9 Å². The lowest BCUT2D eigenvalue weighted by molar-refractivity contribution is 0.285. The third kappa shape index (κ3) is 5.87. The number of hydrogen-bond donors (Lipinski definition) is 2. The fraction of sp³-hybridized carbons (Fsp3) is 0.455. The minimum atomic E-state index is 0.528. The van der Waals surface area contributed by atoms with Crippen LogP contribution >= 0.6 is 0 Å².